The summed E-state index contributed by atoms with van der Waals surface area (Å²) in [6.45, 7) is 3.23. The number of hydrogen-bond acceptors (Lipinski definition) is 6. The Morgan fingerprint density at radius 1 is 0.977 bits per heavy atom. The first kappa shape index (κ1) is 28.4. The molecule has 9 nitrogen and oxygen atoms in total. The van der Waals surface area contributed by atoms with E-state index in [-0.39, 0.29) is 5.91 Å². The van der Waals surface area contributed by atoms with Gasteiger partial charge < -0.3 is 10.1 Å². The van der Waals surface area contributed by atoms with Gasteiger partial charge in [0.25, 0.3) is 11.9 Å². The molecule has 6 aromatic rings. The van der Waals surface area contributed by atoms with Gasteiger partial charge in [-0.25, -0.2) is 5.10 Å². The number of tetrazole rings is 1. The molecule has 0 saturated carbocycles. The van der Waals surface area contributed by atoms with Crippen LogP contribution in [0, 0.1) is 0 Å². The van der Waals surface area contributed by atoms with Crippen LogP contribution in [0.4, 0.5) is 0 Å². The van der Waals surface area contributed by atoms with Crippen LogP contribution in [0.2, 0.25) is 10.0 Å². The Hall–Kier alpha value is -4.73. The number of fused-ring (bicyclic) bond motifs is 1. The van der Waals surface area contributed by atoms with Crippen LogP contribution in [-0.4, -0.2) is 49.2 Å². The Kier molecular flexibility index (Phi) is 8.35. The highest BCUT2D eigenvalue weighted by Crippen LogP contribution is 2.31. The van der Waals surface area contributed by atoms with Crippen LogP contribution in [0.5, 0.6) is 6.01 Å². The van der Waals surface area contributed by atoms with Crippen molar-refractivity contribution in [2.24, 2.45) is 0 Å². The fourth-order valence-corrected chi connectivity index (χ4v) is 5.55. The maximum absolute atomic E-state index is 13.4. The zero-order valence-electron chi connectivity index (χ0n) is 23.2. The summed E-state index contributed by atoms with van der Waals surface area (Å²) in [5.74, 6) is 0.404. The van der Waals surface area contributed by atoms with Gasteiger partial charge in [0.1, 0.15) is 0 Å². The molecule has 0 saturated heterocycles. The lowest BCUT2D eigenvalue weighted by atomic mass is 9.98. The average Bonchev–Trinajstić information content (AvgIpc) is 3.68. The van der Waals surface area contributed by atoms with Crippen molar-refractivity contribution in [3.05, 3.63) is 112 Å². The number of benzene rings is 4. The van der Waals surface area contributed by atoms with Crippen molar-refractivity contribution in [2.45, 2.75) is 19.9 Å². The van der Waals surface area contributed by atoms with Gasteiger partial charge in [0.15, 0.2) is 5.82 Å². The summed E-state index contributed by atoms with van der Waals surface area (Å²) >= 11 is 12.3. The van der Waals surface area contributed by atoms with Crippen LogP contribution in [0.25, 0.3) is 33.5 Å². The van der Waals surface area contributed by atoms with E-state index in [4.69, 9.17) is 32.9 Å². The maximum atomic E-state index is 13.4. The number of aromatic amines is 1. The van der Waals surface area contributed by atoms with Crippen molar-refractivity contribution in [3.8, 4) is 28.5 Å². The number of carbonyl (C=O) groups is 1. The number of aromatic nitrogens is 6. The predicted molar refractivity (Wildman–Crippen MR) is 168 cm³/mol. The van der Waals surface area contributed by atoms with Gasteiger partial charge in [0.05, 0.1) is 29.7 Å². The Morgan fingerprint density at radius 3 is 2.53 bits per heavy atom. The molecule has 216 valence electrons. The van der Waals surface area contributed by atoms with Crippen molar-refractivity contribution in [3.63, 3.8) is 0 Å². The molecule has 0 radical (unpaired) electrons. The Morgan fingerprint density at radius 2 is 1.79 bits per heavy atom. The van der Waals surface area contributed by atoms with Crippen LogP contribution < -0.4 is 10.1 Å². The Balaban J connectivity index is 1.27. The topological polar surface area (TPSA) is 111 Å². The van der Waals surface area contributed by atoms with E-state index in [9.17, 15) is 4.79 Å². The quantitative estimate of drug-likeness (QED) is 0.180. The molecule has 0 unspecified atom stereocenters. The molecule has 2 heterocycles. The Bertz CT molecular complexity index is 1890. The number of carbonyl (C=O) groups excluding carboxylic acids is 1. The number of hydrogen-bond donors (Lipinski definition) is 2. The Labute approximate surface area is 257 Å². The van der Waals surface area contributed by atoms with Gasteiger partial charge in [-0.15, -0.1) is 5.10 Å². The summed E-state index contributed by atoms with van der Waals surface area (Å²) < 4.78 is 7.86. The molecule has 43 heavy (non-hydrogen) atoms. The van der Waals surface area contributed by atoms with Crippen LogP contribution in [-0.2, 0) is 13.0 Å². The van der Waals surface area contributed by atoms with Gasteiger partial charge in [0.2, 0.25) is 0 Å². The first-order chi connectivity index (χ1) is 21.0. The molecule has 2 aromatic heterocycles. The fourth-order valence-electron chi connectivity index (χ4n) is 5.05. The lowest BCUT2D eigenvalue weighted by Gasteiger charge is -2.13. The second-order valence-corrected chi connectivity index (χ2v) is 10.7. The molecule has 6 rings (SSSR count). The number of amides is 1. The number of H-pyrrole nitrogens is 1. The third kappa shape index (κ3) is 6.09. The standard InChI is InChI=1S/C32H27Cl2N7O2/c1-2-43-32-36-28-9-5-8-26(31(42)35-17-16-22-14-15-23(33)18-27(22)34)29(28)41(32)19-20-10-12-21(13-11-20)24-6-3-4-7-25(24)30-37-39-40-38-30/h3-15,18H,2,16-17,19H2,1H3,(H,35,42)(H,37,38,39,40). The molecule has 0 atom stereocenters. The highest BCUT2D eigenvalue weighted by atomic mass is 35.5. The van der Waals surface area contributed by atoms with Crippen LogP contribution in [0.15, 0.2) is 84.9 Å². The van der Waals surface area contributed by atoms with E-state index in [1.54, 1.807) is 18.2 Å². The predicted octanol–water partition coefficient (Wildman–Crippen LogP) is 6.61. The smallest absolute Gasteiger partial charge is 0.297 e. The molecule has 2 N–H and O–H groups in total. The number of para-hydroxylation sites is 1. The zero-order chi connectivity index (χ0) is 29.8. The van der Waals surface area contributed by atoms with E-state index < -0.39 is 0 Å². The van der Waals surface area contributed by atoms with Gasteiger partial charge in [-0.1, -0.05) is 83.9 Å². The van der Waals surface area contributed by atoms with E-state index in [1.807, 2.05) is 54.0 Å². The van der Waals surface area contributed by atoms with E-state index in [0.29, 0.717) is 64.6 Å². The number of nitrogens with one attached hydrogen (secondary N) is 2. The molecule has 0 fully saturated rings. The first-order valence-electron chi connectivity index (χ1n) is 13.8. The van der Waals surface area contributed by atoms with Crippen molar-refractivity contribution in [2.75, 3.05) is 13.2 Å². The van der Waals surface area contributed by atoms with Crippen molar-refractivity contribution < 1.29 is 9.53 Å². The number of imidazole rings is 1. The van der Waals surface area contributed by atoms with Crippen molar-refractivity contribution >= 4 is 40.1 Å². The van der Waals surface area contributed by atoms with Crippen molar-refractivity contribution in [1.82, 2.24) is 35.5 Å². The van der Waals surface area contributed by atoms with Crippen LogP contribution >= 0.6 is 23.2 Å². The summed E-state index contributed by atoms with van der Waals surface area (Å²) in [7, 11) is 0. The van der Waals surface area contributed by atoms with Gasteiger partial charge in [-0.3, -0.25) is 9.36 Å². The maximum Gasteiger partial charge on any atom is 0.297 e. The number of ether oxygens (including phenoxy) is 1. The van der Waals surface area contributed by atoms with E-state index >= 15 is 0 Å². The lowest BCUT2D eigenvalue weighted by molar-refractivity contribution is 0.0955. The summed E-state index contributed by atoms with van der Waals surface area (Å²) in [4.78, 5) is 18.1. The second kappa shape index (κ2) is 12.6. The van der Waals surface area contributed by atoms with Crippen LogP contribution in [0.3, 0.4) is 0 Å². The summed E-state index contributed by atoms with van der Waals surface area (Å²) in [6.07, 6.45) is 0.573. The van der Waals surface area contributed by atoms with Gasteiger partial charge in [0, 0.05) is 22.2 Å². The van der Waals surface area contributed by atoms with E-state index in [1.165, 1.54) is 0 Å². The summed E-state index contributed by atoms with van der Waals surface area (Å²) in [5.41, 5.74) is 6.79. The fraction of sp³-hybridized carbons (Fsp3) is 0.156. The first-order valence-corrected chi connectivity index (χ1v) is 14.5. The monoisotopic (exact) mass is 611 g/mol. The lowest BCUT2D eigenvalue weighted by Crippen LogP contribution is -2.26. The molecular formula is C32H27Cl2N7O2. The minimum Gasteiger partial charge on any atom is -0.465 e. The van der Waals surface area contributed by atoms with Gasteiger partial charge in [-0.05, 0) is 70.3 Å². The molecular weight excluding hydrogens is 585 g/mol. The minimum absolute atomic E-state index is 0.200. The zero-order valence-corrected chi connectivity index (χ0v) is 24.7. The molecule has 11 heteroatoms. The largest absolute Gasteiger partial charge is 0.465 e. The second-order valence-electron chi connectivity index (χ2n) is 9.82. The highest BCUT2D eigenvalue weighted by molar-refractivity contribution is 6.35. The van der Waals surface area contributed by atoms with E-state index in [0.717, 1.165) is 27.8 Å². The third-order valence-electron chi connectivity index (χ3n) is 7.08. The number of halogens is 2. The normalized spacial score (nSPS) is 11.1. The molecule has 1 amide bonds. The minimum atomic E-state index is -0.200. The van der Waals surface area contributed by atoms with Crippen molar-refractivity contribution in [1.29, 1.82) is 0 Å². The number of nitrogens with zero attached hydrogens (tertiary/aromatic N) is 5. The van der Waals surface area contributed by atoms with Gasteiger partial charge in [-0.2, -0.15) is 4.98 Å². The van der Waals surface area contributed by atoms with Gasteiger partial charge >= 0.3 is 0 Å². The molecule has 0 spiro atoms. The third-order valence-corrected chi connectivity index (χ3v) is 7.66. The molecule has 0 bridgehead atoms. The highest BCUT2D eigenvalue weighted by Gasteiger charge is 2.20. The van der Waals surface area contributed by atoms with E-state index in [2.05, 4.69) is 50.2 Å². The molecule has 0 aliphatic carbocycles. The molecule has 0 aliphatic rings. The summed E-state index contributed by atoms with van der Waals surface area (Å²) in [5, 5.41) is 18.5. The van der Waals surface area contributed by atoms with Crippen LogP contribution in [0.1, 0.15) is 28.4 Å². The average molecular weight is 613 g/mol. The number of rotatable bonds is 10. The molecule has 0 aliphatic heterocycles. The summed E-state index contributed by atoms with van der Waals surface area (Å²) in [6, 6.07) is 27.5. The SMILES string of the molecule is CCOc1nc2cccc(C(=O)NCCc3ccc(Cl)cc3Cl)c2n1Cc1ccc(-c2ccccc2-c2nnn[nH]2)cc1. The molecule has 4 aromatic carbocycles.